The van der Waals surface area contributed by atoms with Crippen molar-refractivity contribution in [1.29, 1.82) is 0 Å². The molecule has 2 aliphatic heterocycles. The molecule has 0 saturated carbocycles. The second-order valence-electron chi connectivity index (χ2n) is 10.1. The maximum Gasteiger partial charge on any atom is 0.217 e. The Bertz CT molecular complexity index is 955. The fourth-order valence-corrected chi connectivity index (χ4v) is 5.62. The molecule has 0 bridgehead atoms. The highest BCUT2D eigenvalue weighted by Crippen LogP contribution is 2.32. The fraction of sp³-hybridized carbons (Fsp3) is 0.593. The third kappa shape index (κ3) is 7.80. The van der Waals surface area contributed by atoms with E-state index in [0.717, 1.165) is 55.0 Å². The summed E-state index contributed by atoms with van der Waals surface area (Å²) in [5.74, 6) is 3.19. The number of nitrogens with zero attached hydrogens (tertiary/aromatic N) is 4. The minimum absolute atomic E-state index is 0.0231. The summed E-state index contributed by atoms with van der Waals surface area (Å²) in [6, 6.07) is 6.15. The SMILES string of the molecule is C=N/C=C(\NC(C)=NC(C)c1ccc(Cl)cc1C)N1CC(C2CCCN(CC(C)NC(C)=O)C2)C1. The molecular formula is C27H41ClN6O. The van der Waals surface area contributed by atoms with Crippen molar-refractivity contribution in [3.8, 4) is 0 Å². The number of benzene rings is 1. The van der Waals surface area contributed by atoms with E-state index in [4.69, 9.17) is 16.6 Å². The molecule has 0 radical (unpaired) electrons. The highest BCUT2D eigenvalue weighted by Gasteiger charge is 2.37. The molecule has 7 nitrogen and oxygen atoms in total. The number of carbonyl (C=O) groups excluding carboxylic acids is 1. The zero-order valence-corrected chi connectivity index (χ0v) is 22.6. The average Bonchev–Trinajstić information content (AvgIpc) is 2.72. The van der Waals surface area contributed by atoms with E-state index in [1.807, 2.05) is 25.1 Å². The Morgan fingerprint density at radius 2 is 2.00 bits per heavy atom. The van der Waals surface area contributed by atoms with Crippen LogP contribution >= 0.6 is 11.6 Å². The number of hydrogen-bond acceptors (Lipinski definition) is 5. The maximum absolute atomic E-state index is 11.3. The summed E-state index contributed by atoms with van der Waals surface area (Å²) in [4.78, 5) is 25.1. The van der Waals surface area contributed by atoms with Gasteiger partial charge in [-0.05, 0) is 88.9 Å². The Labute approximate surface area is 215 Å². The van der Waals surface area contributed by atoms with Crippen LogP contribution in [0.25, 0.3) is 0 Å². The second-order valence-corrected chi connectivity index (χ2v) is 10.6. The zero-order valence-electron chi connectivity index (χ0n) is 21.9. The molecule has 0 spiro atoms. The Balaban J connectivity index is 1.54. The first-order chi connectivity index (χ1) is 16.7. The molecule has 0 aromatic heterocycles. The number of amidine groups is 1. The highest BCUT2D eigenvalue weighted by atomic mass is 35.5. The Morgan fingerprint density at radius 1 is 1.26 bits per heavy atom. The van der Waals surface area contributed by atoms with Gasteiger partial charge in [0.2, 0.25) is 5.91 Å². The van der Waals surface area contributed by atoms with Gasteiger partial charge in [-0.1, -0.05) is 17.7 Å². The Hall–Kier alpha value is -2.38. The predicted molar refractivity (Wildman–Crippen MR) is 146 cm³/mol. The number of aryl methyl sites for hydroxylation is 1. The topological polar surface area (TPSA) is 72.3 Å². The number of aliphatic imine (C=N–C) groups is 2. The first-order valence-corrected chi connectivity index (χ1v) is 13.0. The fourth-order valence-electron chi connectivity index (χ4n) is 5.39. The molecule has 8 heteroatoms. The summed E-state index contributed by atoms with van der Waals surface area (Å²) < 4.78 is 0. The van der Waals surface area contributed by atoms with Gasteiger partial charge in [-0.25, -0.2) is 0 Å². The molecule has 2 aliphatic rings. The van der Waals surface area contributed by atoms with Crippen molar-refractivity contribution in [2.45, 2.75) is 59.5 Å². The number of carbonyl (C=O) groups is 1. The van der Waals surface area contributed by atoms with Crippen molar-refractivity contribution >= 4 is 30.1 Å². The monoisotopic (exact) mass is 500 g/mol. The lowest BCUT2D eigenvalue weighted by atomic mass is 9.80. The van der Waals surface area contributed by atoms with Gasteiger partial charge in [-0.15, -0.1) is 0 Å². The molecule has 3 unspecified atom stereocenters. The van der Waals surface area contributed by atoms with Crippen LogP contribution in [0.4, 0.5) is 0 Å². The van der Waals surface area contributed by atoms with Crippen LogP contribution < -0.4 is 10.6 Å². The van der Waals surface area contributed by atoms with Crippen LogP contribution in [0.5, 0.6) is 0 Å². The number of nitrogens with one attached hydrogen (secondary N) is 2. The van der Waals surface area contributed by atoms with Crippen molar-refractivity contribution in [2.75, 3.05) is 32.7 Å². The van der Waals surface area contributed by atoms with E-state index < -0.39 is 0 Å². The van der Waals surface area contributed by atoms with Crippen molar-refractivity contribution in [2.24, 2.45) is 21.8 Å². The van der Waals surface area contributed by atoms with Gasteiger partial charge < -0.3 is 20.4 Å². The third-order valence-electron chi connectivity index (χ3n) is 7.03. The molecule has 35 heavy (non-hydrogen) atoms. The van der Waals surface area contributed by atoms with Crippen LogP contribution in [0.15, 0.2) is 40.2 Å². The quantitative estimate of drug-likeness (QED) is 0.389. The van der Waals surface area contributed by atoms with Crippen molar-refractivity contribution < 1.29 is 4.79 Å². The van der Waals surface area contributed by atoms with Crippen LogP contribution in [-0.2, 0) is 4.79 Å². The lowest BCUT2D eigenvalue weighted by molar-refractivity contribution is -0.119. The molecule has 2 fully saturated rings. The lowest BCUT2D eigenvalue weighted by Gasteiger charge is -2.48. The van der Waals surface area contributed by atoms with Gasteiger partial charge >= 0.3 is 0 Å². The number of rotatable bonds is 9. The van der Waals surface area contributed by atoms with E-state index in [2.05, 4.69) is 52.9 Å². The Kier molecular flexibility index (Phi) is 9.75. The summed E-state index contributed by atoms with van der Waals surface area (Å²) in [5.41, 5.74) is 2.31. The van der Waals surface area contributed by atoms with Crippen molar-refractivity contribution in [1.82, 2.24) is 20.4 Å². The number of piperidine rings is 1. The van der Waals surface area contributed by atoms with E-state index in [0.29, 0.717) is 11.8 Å². The number of likely N-dealkylation sites (tertiary alicyclic amines) is 2. The summed E-state index contributed by atoms with van der Waals surface area (Å²) >= 11 is 6.11. The molecule has 2 heterocycles. The third-order valence-corrected chi connectivity index (χ3v) is 7.27. The van der Waals surface area contributed by atoms with Gasteiger partial charge in [0.05, 0.1) is 18.1 Å². The molecular weight excluding hydrogens is 460 g/mol. The number of halogens is 1. The molecule has 1 aromatic rings. The van der Waals surface area contributed by atoms with Crippen LogP contribution in [0.3, 0.4) is 0 Å². The van der Waals surface area contributed by atoms with Crippen LogP contribution in [0, 0.1) is 18.8 Å². The van der Waals surface area contributed by atoms with Crippen LogP contribution in [-0.4, -0.2) is 67.0 Å². The first kappa shape index (κ1) is 27.2. The van der Waals surface area contributed by atoms with E-state index in [9.17, 15) is 4.79 Å². The average molecular weight is 501 g/mol. The van der Waals surface area contributed by atoms with E-state index in [-0.39, 0.29) is 18.0 Å². The largest absolute Gasteiger partial charge is 0.356 e. The molecule has 2 N–H and O–H groups in total. The summed E-state index contributed by atoms with van der Waals surface area (Å²) in [7, 11) is 0. The minimum atomic E-state index is 0.0231. The highest BCUT2D eigenvalue weighted by molar-refractivity contribution is 6.30. The van der Waals surface area contributed by atoms with Gasteiger partial charge in [0, 0.05) is 44.2 Å². The number of hydrogen-bond donors (Lipinski definition) is 2. The van der Waals surface area contributed by atoms with E-state index in [1.165, 1.54) is 18.4 Å². The zero-order chi connectivity index (χ0) is 25.5. The van der Waals surface area contributed by atoms with Crippen LogP contribution in [0.1, 0.15) is 57.7 Å². The van der Waals surface area contributed by atoms with Gasteiger partial charge in [-0.2, -0.15) is 0 Å². The summed E-state index contributed by atoms with van der Waals surface area (Å²) in [5, 5.41) is 7.21. The van der Waals surface area contributed by atoms with Crippen LogP contribution in [0.2, 0.25) is 5.02 Å². The van der Waals surface area contributed by atoms with Gasteiger partial charge in [-0.3, -0.25) is 14.8 Å². The number of amides is 1. The van der Waals surface area contributed by atoms with Gasteiger partial charge in [0.1, 0.15) is 5.82 Å². The van der Waals surface area contributed by atoms with Gasteiger partial charge in [0.15, 0.2) is 0 Å². The lowest BCUT2D eigenvalue weighted by Crippen LogP contribution is -2.55. The van der Waals surface area contributed by atoms with Gasteiger partial charge in [0.25, 0.3) is 0 Å². The first-order valence-electron chi connectivity index (χ1n) is 12.6. The summed E-state index contributed by atoms with van der Waals surface area (Å²) in [6.45, 7) is 18.6. The molecule has 1 amide bonds. The van der Waals surface area contributed by atoms with E-state index in [1.54, 1.807) is 13.1 Å². The Morgan fingerprint density at radius 3 is 2.66 bits per heavy atom. The van der Waals surface area contributed by atoms with Crippen molar-refractivity contribution in [3.05, 3.63) is 46.4 Å². The second kappa shape index (κ2) is 12.5. The maximum atomic E-state index is 11.3. The molecule has 1 aromatic carbocycles. The molecule has 2 saturated heterocycles. The normalized spacial score (nSPS) is 21.8. The van der Waals surface area contributed by atoms with E-state index >= 15 is 0 Å². The predicted octanol–water partition coefficient (Wildman–Crippen LogP) is 4.39. The molecule has 192 valence electrons. The molecule has 3 atom stereocenters. The minimum Gasteiger partial charge on any atom is -0.356 e. The smallest absolute Gasteiger partial charge is 0.217 e. The standard InChI is InChI=1S/C27H41ClN6O/c1-18-12-25(28)9-10-26(18)20(3)31-21(4)32-27(13-29-6)34-16-24(17-34)23-8-7-11-33(15-23)14-19(2)30-22(5)35/h9-10,12-13,19-20,23-24H,6-8,11,14-17H2,1-5H3,(H,30,35)(H,31,32)/b27-13+. The summed E-state index contributed by atoms with van der Waals surface area (Å²) in [6.07, 6.45) is 4.28. The molecule has 0 aliphatic carbocycles. The van der Waals surface area contributed by atoms with Crippen molar-refractivity contribution in [3.63, 3.8) is 0 Å². The molecule has 3 rings (SSSR count).